The molecule has 1 aromatic carbocycles. The van der Waals surface area contributed by atoms with Gasteiger partial charge < -0.3 is 20.7 Å². The van der Waals surface area contributed by atoms with Crippen molar-refractivity contribution in [3.63, 3.8) is 0 Å². The lowest BCUT2D eigenvalue weighted by atomic mass is 10.0. The Kier molecular flexibility index (Phi) is 7.57. The minimum absolute atomic E-state index is 0.0733. The number of aliphatic imine (C=N–C) groups is 1. The van der Waals surface area contributed by atoms with Crippen LogP contribution in [0.2, 0.25) is 0 Å². The Balaban J connectivity index is 1.77. The number of guanidine groups is 1. The van der Waals surface area contributed by atoms with Gasteiger partial charge in [-0.1, -0.05) is 37.3 Å². The van der Waals surface area contributed by atoms with E-state index < -0.39 is 0 Å². The van der Waals surface area contributed by atoms with Crippen LogP contribution >= 0.6 is 0 Å². The van der Waals surface area contributed by atoms with Crippen LogP contribution in [0.3, 0.4) is 0 Å². The molecule has 3 N–H and O–H groups in total. The zero-order valence-corrected chi connectivity index (χ0v) is 15.4. The molecule has 1 aliphatic carbocycles. The number of amides is 1. The van der Waals surface area contributed by atoms with Gasteiger partial charge in [-0.25, -0.2) is 4.79 Å². The van der Waals surface area contributed by atoms with Crippen LogP contribution in [-0.4, -0.2) is 44.8 Å². The van der Waals surface area contributed by atoms with E-state index in [2.05, 4.69) is 52.1 Å². The van der Waals surface area contributed by atoms with Gasteiger partial charge in [-0.05, 0) is 37.2 Å². The van der Waals surface area contributed by atoms with Gasteiger partial charge in [0.05, 0.1) is 12.6 Å². The Morgan fingerprint density at radius 3 is 2.52 bits per heavy atom. The molecule has 6 nitrogen and oxygen atoms in total. The van der Waals surface area contributed by atoms with E-state index in [1.807, 2.05) is 13.0 Å². The second kappa shape index (κ2) is 9.91. The first-order valence-corrected chi connectivity index (χ1v) is 9.06. The molecule has 1 fully saturated rings. The van der Waals surface area contributed by atoms with Gasteiger partial charge >= 0.3 is 6.09 Å². The highest BCUT2D eigenvalue weighted by molar-refractivity contribution is 5.79. The van der Waals surface area contributed by atoms with Crippen LogP contribution in [0.1, 0.15) is 38.2 Å². The number of benzene rings is 1. The third kappa shape index (κ3) is 6.64. The van der Waals surface area contributed by atoms with Crippen molar-refractivity contribution in [2.24, 2.45) is 10.9 Å². The second-order valence-corrected chi connectivity index (χ2v) is 6.45. The number of nitrogens with zero attached hydrogens (tertiary/aromatic N) is 1. The fourth-order valence-electron chi connectivity index (χ4n) is 2.73. The fraction of sp³-hybridized carbons (Fsp3) is 0.579. The summed E-state index contributed by atoms with van der Waals surface area (Å²) >= 11 is 0. The third-order valence-electron chi connectivity index (χ3n) is 4.43. The smallest absolute Gasteiger partial charge is 0.407 e. The van der Waals surface area contributed by atoms with Crippen LogP contribution in [-0.2, 0) is 4.74 Å². The summed E-state index contributed by atoms with van der Waals surface area (Å²) in [7, 11) is 1.76. The average Bonchev–Trinajstić information content (AvgIpc) is 3.46. The Hall–Kier alpha value is -2.24. The summed E-state index contributed by atoms with van der Waals surface area (Å²) in [6.45, 7) is 5.82. The van der Waals surface area contributed by atoms with E-state index in [4.69, 9.17) is 4.74 Å². The van der Waals surface area contributed by atoms with E-state index in [0.29, 0.717) is 25.0 Å². The lowest BCUT2D eigenvalue weighted by Crippen LogP contribution is -2.48. The monoisotopic (exact) mass is 346 g/mol. The van der Waals surface area contributed by atoms with Crippen LogP contribution in [0.5, 0.6) is 0 Å². The first-order valence-electron chi connectivity index (χ1n) is 9.06. The predicted octanol–water partition coefficient (Wildman–Crippen LogP) is 2.48. The molecule has 0 aliphatic heterocycles. The normalized spacial score (nSPS) is 16.7. The van der Waals surface area contributed by atoms with E-state index >= 15 is 0 Å². The van der Waals surface area contributed by atoms with Crippen molar-refractivity contribution in [3.8, 4) is 0 Å². The number of hydrogen-bond donors (Lipinski definition) is 3. The molecule has 0 spiro atoms. The van der Waals surface area contributed by atoms with E-state index in [1.165, 1.54) is 5.56 Å². The largest absolute Gasteiger partial charge is 0.450 e. The van der Waals surface area contributed by atoms with Crippen molar-refractivity contribution in [1.82, 2.24) is 16.0 Å². The highest BCUT2D eigenvalue weighted by Crippen LogP contribution is 2.32. The molecule has 0 aromatic heterocycles. The summed E-state index contributed by atoms with van der Waals surface area (Å²) < 4.78 is 4.99. The van der Waals surface area contributed by atoms with E-state index in [9.17, 15) is 4.79 Å². The molecule has 1 amide bonds. The second-order valence-electron chi connectivity index (χ2n) is 6.45. The lowest BCUT2D eigenvalue weighted by molar-refractivity contribution is 0.146. The van der Waals surface area contributed by atoms with Crippen LogP contribution in [0.15, 0.2) is 35.3 Å². The maximum atomic E-state index is 11.7. The van der Waals surface area contributed by atoms with Gasteiger partial charge in [0, 0.05) is 20.1 Å². The van der Waals surface area contributed by atoms with Crippen LogP contribution in [0.4, 0.5) is 4.79 Å². The summed E-state index contributed by atoms with van der Waals surface area (Å²) in [5.41, 5.74) is 1.30. The first kappa shape index (κ1) is 19.1. The average molecular weight is 346 g/mol. The SMILES string of the molecule is CCOC(=O)NC(CNC(=NC)NCC(C)c1ccccc1)C1CC1. The van der Waals surface area contributed by atoms with Crippen molar-refractivity contribution in [3.05, 3.63) is 35.9 Å². The van der Waals surface area contributed by atoms with Crippen molar-refractivity contribution >= 4 is 12.1 Å². The number of ether oxygens (including phenoxy) is 1. The molecule has 2 unspecified atom stereocenters. The number of alkyl carbamates (subject to hydrolysis) is 1. The van der Waals surface area contributed by atoms with Gasteiger partial charge in [0.1, 0.15) is 0 Å². The zero-order chi connectivity index (χ0) is 18.1. The van der Waals surface area contributed by atoms with E-state index in [0.717, 1.165) is 25.3 Å². The molecule has 2 atom stereocenters. The minimum atomic E-state index is -0.346. The predicted molar refractivity (Wildman–Crippen MR) is 101 cm³/mol. The summed E-state index contributed by atoms with van der Waals surface area (Å²) in [5.74, 6) is 1.66. The van der Waals surface area contributed by atoms with Gasteiger partial charge in [0.25, 0.3) is 0 Å². The summed E-state index contributed by atoms with van der Waals surface area (Å²) in [5, 5.41) is 9.61. The molecule has 0 bridgehead atoms. The van der Waals surface area contributed by atoms with Crippen molar-refractivity contribution in [1.29, 1.82) is 0 Å². The number of carbonyl (C=O) groups excluding carboxylic acids is 1. The molecule has 0 saturated heterocycles. The first-order chi connectivity index (χ1) is 12.1. The molecule has 6 heteroatoms. The summed E-state index contributed by atoms with van der Waals surface area (Å²) in [6.07, 6.45) is 1.95. The van der Waals surface area contributed by atoms with E-state index in [1.54, 1.807) is 7.05 Å². The van der Waals surface area contributed by atoms with Crippen LogP contribution in [0.25, 0.3) is 0 Å². The van der Waals surface area contributed by atoms with Gasteiger partial charge in [0.2, 0.25) is 0 Å². The maximum absolute atomic E-state index is 11.7. The Morgan fingerprint density at radius 2 is 1.92 bits per heavy atom. The van der Waals surface area contributed by atoms with Crippen molar-refractivity contribution < 1.29 is 9.53 Å². The molecule has 0 radical (unpaired) electrons. The number of nitrogens with one attached hydrogen (secondary N) is 3. The Labute approximate surface area is 150 Å². The van der Waals surface area contributed by atoms with Gasteiger partial charge in [-0.15, -0.1) is 0 Å². The van der Waals surface area contributed by atoms with Crippen molar-refractivity contribution in [2.45, 2.75) is 38.6 Å². The van der Waals surface area contributed by atoms with E-state index in [-0.39, 0.29) is 12.1 Å². The Bertz CT molecular complexity index is 558. The molecular weight excluding hydrogens is 316 g/mol. The quantitative estimate of drug-likeness (QED) is 0.499. The lowest BCUT2D eigenvalue weighted by Gasteiger charge is -2.21. The van der Waals surface area contributed by atoms with Crippen molar-refractivity contribution in [2.75, 3.05) is 26.7 Å². The molecule has 1 saturated carbocycles. The summed E-state index contributed by atoms with van der Waals surface area (Å²) in [6, 6.07) is 10.5. The third-order valence-corrected chi connectivity index (χ3v) is 4.43. The van der Waals surface area contributed by atoms with Crippen LogP contribution < -0.4 is 16.0 Å². The molecule has 0 heterocycles. The highest BCUT2D eigenvalue weighted by Gasteiger charge is 2.32. The number of rotatable bonds is 8. The zero-order valence-electron chi connectivity index (χ0n) is 15.4. The molecule has 1 aliphatic rings. The maximum Gasteiger partial charge on any atom is 0.407 e. The molecule has 138 valence electrons. The number of carbonyl (C=O) groups is 1. The topological polar surface area (TPSA) is 74.8 Å². The summed E-state index contributed by atoms with van der Waals surface area (Å²) in [4.78, 5) is 15.9. The van der Waals surface area contributed by atoms with Gasteiger partial charge in [0.15, 0.2) is 5.96 Å². The fourth-order valence-corrected chi connectivity index (χ4v) is 2.73. The van der Waals surface area contributed by atoms with Gasteiger partial charge in [-0.2, -0.15) is 0 Å². The van der Waals surface area contributed by atoms with Crippen LogP contribution in [0, 0.1) is 5.92 Å². The molecule has 1 aromatic rings. The number of hydrogen-bond acceptors (Lipinski definition) is 3. The standard InChI is InChI=1S/C19H30N4O2/c1-4-25-19(24)23-17(16-10-11-16)13-22-18(20-3)21-12-14(2)15-8-6-5-7-9-15/h5-9,14,16-17H,4,10-13H2,1-3H3,(H,23,24)(H2,20,21,22). The molecule has 25 heavy (non-hydrogen) atoms. The highest BCUT2D eigenvalue weighted by atomic mass is 16.5. The van der Waals surface area contributed by atoms with Gasteiger partial charge in [-0.3, -0.25) is 4.99 Å². The Morgan fingerprint density at radius 1 is 1.24 bits per heavy atom. The minimum Gasteiger partial charge on any atom is -0.450 e. The molecule has 2 rings (SSSR count). The molecular formula is C19H30N4O2.